The summed E-state index contributed by atoms with van der Waals surface area (Å²) in [6.45, 7) is 6.62. The molecule has 1 N–H and O–H groups in total. The fourth-order valence-corrected chi connectivity index (χ4v) is 3.82. The summed E-state index contributed by atoms with van der Waals surface area (Å²) in [6.07, 6.45) is 5.25. The number of rotatable bonds is 9. The Bertz CT molecular complexity index is 359. The molecule has 0 atom stereocenters. The minimum atomic E-state index is 0.782. The second-order valence-electron chi connectivity index (χ2n) is 4.86. The number of unbranched alkanes of at least 4 members (excludes halogenated alkanes) is 1. The van der Waals surface area contributed by atoms with E-state index in [1.807, 2.05) is 23.1 Å². The van der Waals surface area contributed by atoms with E-state index in [-0.39, 0.29) is 0 Å². The number of nitrogens with zero attached hydrogens (tertiary/aromatic N) is 1. The third-order valence-electron chi connectivity index (χ3n) is 3.16. The minimum Gasteiger partial charge on any atom is -0.312 e. The van der Waals surface area contributed by atoms with E-state index in [0.29, 0.717) is 0 Å². The zero-order valence-electron chi connectivity index (χ0n) is 11.5. The third kappa shape index (κ3) is 4.25. The van der Waals surface area contributed by atoms with Crippen LogP contribution in [-0.4, -0.2) is 17.3 Å². The summed E-state index contributed by atoms with van der Waals surface area (Å²) in [5, 5.41) is 4.89. The summed E-state index contributed by atoms with van der Waals surface area (Å²) in [5.74, 6) is 3.06. The largest absolute Gasteiger partial charge is 0.312 e. The van der Waals surface area contributed by atoms with Crippen molar-refractivity contribution in [3.63, 3.8) is 0 Å². The molecule has 0 aliphatic heterocycles. The van der Waals surface area contributed by atoms with Crippen LogP contribution in [0.5, 0.6) is 0 Å². The van der Waals surface area contributed by atoms with Gasteiger partial charge in [-0.25, -0.2) is 4.98 Å². The maximum atomic E-state index is 4.87. The van der Waals surface area contributed by atoms with Crippen LogP contribution in [0, 0.1) is 0 Å². The van der Waals surface area contributed by atoms with Gasteiger partial charge in [-0.2, -0.15) is 11.8 Å². The van der Waals surface area contributed by atoms with Crippen LogP contribution in [0.25, 0.3) is 0 Å². The van der Waals surface area contributed by atoms with Crippen molar-refractivity contribution in [2.45, 2.75) is 57.7 Å². The summed E-state index contributed by atoms with van der Waals surface area (Å²) in [5.41, 5.74) is 1.41. The van der Waals surface area contributed by atoms with E-state index in [9.17, 15) is 0 Å². The van der Waals surface area contributed by atoms with Crippen LogP contribution in [0.4, 0.5) is 0 Å². The standard InChI is InChI=1S/C14H24N2S2/c1-3-5-8-15-9-12-14(11-6-7-11)16-13(18-12)10-17-4-2/h11,15H,3-10H2,1-2H3. The highest BCUT2D eigenvalue weighted by Crippen LogP contribution is 2.43. The number of thiazole rings is 1. The lowest BCUT2D eigenvalue weighted by atomic mass is 10.2. The van der Waals surface area contributed by atoms with Gasteiger partial charge in [-0.15, -0.1) is 11.3 Å². The van der Waals surface area contributed by atoms with Crippen molar-refractivity contribution < 1.29 is 0 Å². The van der Waals surface area contributed by atoms with Crippen molar-refractivity contribution in [3.8, 4) is 0 Å². The third-order valence-corrected chi connectivity index (χ3v) is 5.30. The van der Waals surface area contributed by atoms with Crippen LogP contribution in [0.3, 0.4) is 0 Å². The SMILES string of the molecule is CCCCNCc1sc(CSCC)nc1C1CC1. The number of hydrogen-bond acceptors (Lipinski definition) is 4. The van der Waals surface area contributed by atoms with Crippen LogP contribution in [-0.2, 0) is 12.3 Å². The zero-order valence-corrected chi connectivity index (χ0v) is 13.1. The molecule has 0 saturated heterocycles. The van der Waals surface area contributed by atoms with Crippen LogP contribution in [0.1, 0.15) is 61.0 Å². The predicted molar refractivity (Wildman–Crippen MR) is 82.5 cm³/mol. The lowest BCUT2D eigenvalue weighted by Crippen LogP contribution is -2.14. The molecule has 0 radical (unpaired) electrons. The molecule has 1 aliphatic carbocycles. The minimum absolute atomic E-state index is 0.782. The second kappa shape index (κ2) is 7.51. The fourth-order valence-electron chi connectivity index (χ4n) is 1.97. The number of thioether (sulfide) groups is 1. The van der Waals surface area contributed by atoms with Crippen molar-refractivity contribution in [2.75, 3.05) is 12.3 Å². The van der Waals surface area contributed by atoms with E-state index in [0.717, 1.165) is 24.8 Å². The number of nitrogens with one attached hydrogen (secondary N) is 1. The summed E-state index contributed by atoms with van der Waals surface area (Å²) < 4.78 is 0. The van der Waals surface area contributed by atoms with Gasteiger partial charge in [0.1, 0.15) is 5.01 Å². The molecule has 0 aromatic carbocycles. The number of hydrogen-bond donors (Lipinski definition) is 1. The highest BCUT2D eigenvalue weighted by Gasteiger charge is 2.29. The first-order chi connectivity index (χ1) is 8.85. The molecule has 1 aliphatic rings. The summed E-state index contributed by atoms with van der Waals surface area (Å²) in [4.78, 5) is 6.37. The Morgan fingerprint density at radius 1 is 1.39 bits per heavy atom. The van der Waals surface area contributed by atoms with Gasteiger partial charge in [0, 0.05) is 23.1 Å². The molecule has 0 spiro atoms. The van der Waals surface area contributed by atoms with Gasteiger partial charge >= 0.3 is 0 Å². The van der Waals surface area contributed by atoms with Crippen LogP contribution >= 0.6 is 23.1 Å². The monoisotopic (exact) mass is 284 g/mol. The first-order valence-electron chi connectivity index (χ1n) is 7.12. The maximum absolute atomic E-state index is 4.87. The molecule has 1 fully saturated rings. The van der Waals surface area contributed by atoms with Crippen molar-refractivity contribution in [3.05, 3.63) is 15.6 Å². The Balaban J connectivity index is 1.91. The lowest BCUT2D eigenvalue weighted by molar-refractivity contribution is 0.642. The van der Waals surface area contributed by atoms with Gasteiger partial charge in [-0.1, -0.05) is 20.3 Å². The van der Waals surface area contributed by atoms with Gasteiger partial charge in [0.05, 0.1) is 5.69 Å². The van der Waals surface area contributed by atoms with Crippen molar-refractivity contribution in [1.82, 2.24) is 10.3 Å². The quantitative estimate of drug-likeness (QED) is 0.689. The molecule has 0 bridgehead atoms. The fraction of sp³-hybridized carbons (Fsp3) is 0.786. The molecule has 2 rings (SSSR count). The van der Waals surface area contributed by atoms with Crippen LogP contribution < -0.4 is 5.32 Å². The molecule has 1 saturated carbocycles. The van der Waals surface area contributed by atoms with E-state index in [1.165, 1.54) is 47.0 Å². The van der Waals surface area contributed by atoms with Gasteiger partial charge < -0.3 is 5.32 Å². The van der Waals surface area contributed by atoms with Crippen molar-refractivity contribution in [2.24, 2.45) is 0 Å². The Labute approximate surface area is 119 Å². The van der Waals surface area contributed by atoms with Gasteiger partial charge in [0.25, 0.3) is 0 Å². The Morgan fingerprint density at radius 3 is 2.89 bits per heavy atom. The molecule has 1 aromatic heterocycles. The summed E-state index contributed by atoms with van der Waals surface area (Å²) in [6, 6.07) is 0. The molecule has 102 valence electrons. The highest BCUT2D eigenvalue weighted by molar-refractivity contribution is 7.98. The highest BCUT2D eigenvalue weighted by atomic mass is 32.2. The molecule has 18 heavy (non-hydrogen) atoms. The first kappa shape index (κ1) is 14.4. The zero-order chi connectivity index (χ0) is 12.8. The van der Waals surface area contributed by atoms with Gasteiger partial charge in [-0.05, 0) is 31.6 Å². The van der Waals surface area contributed by atoms with Crippen LogP contribution in [0.15, 0.2) is 0 Å². The molecule has 0 unspecified atom stereocenters. The van der Waals surface area contributed by atoms with Crippen LogP contribution in [0.2, 0.25) is 0 Å². The summed E-state index contributed by atoms with van der Waals surface area (Å²) in [7, 11) is 0. The Hall–Kier alpha value is -0.0600. The molecule has 2 nitrogen and oxygen atoms in total. The van der Waals surface area contributed by atoms with E-state index < -0.39 is 0 Å². The van der Waals surface area contributed by atoms with Gasteiger partial charge in [0.2, 0.25) is 0 Å². The van der Waals surface area contributed by atoms with Gasteiger partial charge in [0.15, 0.2) is 0 Å². The summed E-state index contributed by atoms with van der Waals surface area (Å²) >= 11 is 3.91. The predicted octanol–water partition coefficient (Wildman–Crippen LogP) is 4.16. The molecular formula is C14H24N2S2. The van der Waals surface area contributed by atoms with E-state index >= 15 is 0 Å². The molecule has 0 amide bonds. The van der Waals surface area contributed by atoms with E-state index in [2.05, 4.69) is 19.2 Å². The van der Waals surface area contributed by atoms with E-state index in [1.54, 1.807) is 0 Å². The Morgan fingerprint density at radius 2 is 2.22 bits per heavy atom. The van der Waals surface area contributed by atoms with E-state index in [4.69, 9.17) is 4.98 Å². The smallest absolute Gasteiger partial charge is 0.103 e. The maximum Gasteiger partial charge on any atom is 0.103 e. The average Bonchev–Trinajstić information content (AvgIpc) is 3.14. The first-order valence-corrected chi connectivity index (χ1v) is 9.09. The molecule has 1 heterocycles. The second-order valence-corrected chi connectivity index (χ2v) is 7.30. The normalized spacial score (nSPS) is 15.2. The molecule has 4 heteroatoms. The topological polar surface area (TPSA) is 24.9 Å². The number of aromatic nitrogens is 1. The van der Waals surface area contributed by atoms with Crippen molar-refractivity contribution >= 4 is 23.1 Å². The molecule has 1 aromatic rings. The molecular weight excluding hydrogens is 260 g/mol. The lowest BCUT2D eigenvalue weighted by Gasteiger charge is -2.03. The van der Waals surface area contributed by atoms with Crippen molar-refractivity contribution in [1.29, 1.82) is 0 Å². The average molecular weight is 284 g/mol. The Kier molecular flexibility index (Phi) is 5.99. The van der Waals surface area contributed by atoms with Gasteiger partial charge in [-0.3, -0.25) is 0 Å².